The first kappa shape index (κ1) is 22.2. The zero-order valence-corrected chi connectivity index (χ0v) is 16.8. The molecule has 0 aliphatic heterocycles. The van der Waals surface area contributed by atoms with Crippen LogP contribution in [0.1, 0.15) is 32.3 Å². The summed E-state index contributed by atoms with van der Waals surface area (Å²) in [6, 6.07) is 19.0. The molecule has 2 atom stereocenters. The van der Waals surface area contributed by atoms with Gasteiger partial charge in [0.1, 0.15) is 0 Å². The van der Waals surface area contributed by atoms with Crippen LogP contribution in [0.15, 0.2) is 66.7 Å². The van der Waals surface area contributed by atoms with Crippen LogP contribution >= 0.6 is 0 Å². The first-order valence-electron chi connectivity index (χ1n) is 9.77. The molecule has 0 aromatic heterocycles. The van der Waals surface area contributed by atoms with Gasteiger partial charge >= 0.3 is 0 Å². The van der Waals surface area contributed by atoms with Crippen LogP contribution in [0.2, 0.25) is 0 Å². The number of para-hydroxylation sites is 1. The van der Waals surface area contributed by atoms with Crippen LogP contribution in [0.3, 0.4) is 0 Å². The van der Waals surface area contributed by atoms with Gasteiger partial charge in [0.2, 0.25) is 11.8 Å². The molecular formula is C23H29N3O3. The van der Waals surface area contributed by atoms with Crippen LogP contribution in [-0.2, 0) is 9.59 Å². The fourth-order valence-electron chi connectivity index (χ4n) is 3.16. The van der Waals surface area contributed by atoms with E-state index in [2.05, 4.69) is 10.9 Å². The highest BCUT2D eigenvalue weighted by Gasteiger charge is 2.33. The number of rotatable bonds is 10. The highest BCUT2D eigenvalue weighted by atomic mass is 16.5. The largest absolute Gasteiger partial charge is 0.299 e. The maximum Gasteiger partial charge on any atom is 0.247 e. The molecule has 2 amide bonds. The van der Waals surface area contributed by atoms with Gasteiger partial charge < -0.3 is 0 Å². The third kappa shape index (κ3) is 7.43. The van der Waals surface area contributed by atoms with Crippen LogP contribution < -0.4 is 16.3 Å². The predicted octanol–water partition coefficient (Wildman–Crippen LogP) is 4.02. The summed E-state index contributed by atoms with van der Waals surface area (Å²) in [7, 11) is 0. The predicted molar refractivity (Wildman–Crippen MR) is 115 cm³/mol. The van der Waals surface area contributed by atoms with E-state index in [1.165, 1.54) is 0 Å². The van der Waals surface area contributed by atoms with Gasteiger partial charge in [0.15, 0.2) is 0 Å². The van der Waals surface area contributed by atoms with Crippen molar-refractivity contribution < 1.29 is 14.8 Å². The molecule has 0 heterocycles. The van der Waals surface area contributed by atoms with Gasteiger partial charge in [0, 0.05) is 0 Å². The lowest BCUT2D eigenvalue weighted by Crippen LogP contribution is -2.43. The topological polar surface area (TPSA) is 90.5 Å². The third-order valence-corrected chi connectivity index (χ3v) is 4.60. The van der Waals surface area contributed by atoms with E-state index in [4.69, 9.17) is 0 Å². The Bertz CT molecular complexity index is 792. The number of hydrogen-bond donors (Lipinski definition) is 4. The molecule has 0 saturated heterocycles. The summed E-state index contributed by atoms with van der Waals surface area (Å²) in [6.07, 6.45) is 4.61. The number of carbonyl (C=O) groups excluding carboxylic acids is 2. The summed E-state index contributed by atoms with van der Waals surface area (Å²) in [4.78, 5) is 25.2. The van der Waals surface area contributed by atoms with E-state index in [1.807, 2.05) is 86.7 Å². The number of benzene rings is 2. The number of anilines is 1. The summed E-state index contributed by atoms with van der Waals surface area (Å²) < 4.78 is 0. The SMILES string of the molecule is CC(C)C[C@@H](C(=O)NNc1ccccc1)[C@H](CC=Cc1ccccc1)C(=O)NO. The molecule has 6 nitrogen and oxygen atoms in total. The minimum atomic E-state index is -0.695. The van der Waals surface area contributed by atoms with Crippen LogP contribution in [0.5, 0.6) is 0 Å². The highest BCUT2D eigenvalue weighted by molar-refractivity contribution is 5.88. The maximum absolute atomic E-state index is 12.9. The monoisotopic (exact) mass is 395 g/mol. The Labute approximate surface area is 172 Å². The van der Waals surface area contributed by atoms with Gasteiger partial charge in [-0.25, -0.2) is 5.48 Å². The maximum atomic E-state index is 12.9. The summed E-state index contributed by atoms with van der Waals surface area (Å²) >= 11 is 0. The third-order valence-electron chi connectivity index (χ3n) is 4.60. The summed E-state index contributed by atoms with van der Waals surface area (Å²) in [5.74, 6) is -1.94. The Morgan fingerprint density at radius 1 is 0.931 bits per heavy atom. The van der Waals surface area contributed by atoms with E-state index in [9.17, 15) is 14.8 Å². The molecule has 0 aliphatic carbocycles. The van der Waals surface area contributed by atoms with E-state index in [-0.39, 0.29) is 11.8 Å². The lowest BCUT2D eigenvalue weighted by Gasteiger charge is -2.25. The van der Waals surface area contributed by atoms with Crippen molar-refractivity contribution in [3.8, 4) is 0 Å². The first-order valence-corrected chi connectivity index (χ1v) is 9.77. The molecule has 0 saturated carbocycles. The Kier molecular flexibility index (Phi) is 8.92. The lowest BCUT2D eigenvalue weighted by molar-refractivity contribution is -0.140. The average molecular weight is 396 g/mol. The second-order valence-corrected chi connectivity index (χ2v) is 7.35. The second kappa shape index (κ2) is 11.7. The smallest absolute Gasteiger partial charge is 0.247 e. The number of carbonyl (C=O) groups is 2. The number of hydrogen-bond acceptors (Lipinski definition) is 4. The van der Waals surface area contributed by atoms with Crippen LogP contribution in [-0.4, -0.2) is 17.0 Å². The standard InChI is InChI=1S/C23H29N3O3/c1-17(2)16-21(22(27)25-24-19-13-7-4-8-14-19)20(23(28)26-29)15-9-12-18-10-5-3-6-11-18/h3-14,17,20-21,24,29H,15-16H2,1-2H3,(H,25,27)(H,26,28)/t20-,21+/m0/s1. The fraction of sp³-hybridized carbons (Fsp3) is 0.304. The van der Waals surface area contributed by atoms with Gasteiger partial charge in [0.05, 0.1) is 17.5 Å². The van der Waals surface area contributed by atoms with Crippen LogP contribution in [0.4, 0.5) is 5.69 Å². The molecular weight excluding hydrogens is 366 g/mol. The van der Waals surface area contributed by atoms with Crippen molar-refractivity contribution in [2.24, 2.45) is 17.8 Å². The zero-order valence-electron chi connectivity index (χ0n) is 16.8. The Morgan fingerprint density at radius 2 is 1.55 bits per heavy atom. The van der Waals surface area contributed by atoms with Crippen molar-refractivity contribution in [3.05, 3.63) is 72.3 Å². The van der Waals surface area contributed by atoms with Crippen molar-refractivity contribution in [1.82, 2.24) is 10.9 Å². The summed E-state index contributed by atoms with van der Waals surface area (Å²) in [5.41, 5.74) is 9.05. The summed E-state index contributed by atoms with van der Waals surface area (Å²) in [6.45, 7) is 4.00. The average Bonchev–Trinajstić information content (AvgIpc) is 2.74. The number of nitrogens with one attached hydrogen (secondary N) is 3. The molecule has 0 bridgehead atoms. The zero-order chi connectivity index (χ0) is 21.1. The van der Waals surface area contributed by atoms with Crippen LogP contribution in [0.25, 0.3) is 6.08 Å². The van der Waals surface area contributed by atoms with Crippen molar-refractivity contribution >= 4 is 23.6 Å². The van der Waals surface area contributed by atoms with E-state index >= 15 is 0 Å². The Balaban J connectivity index is 2.12. The first-order chi connectivity index (χ1) is 14.0. The van der Waals surface area contributed by atoms with Gasteiger partial charge in [-0.3, -0.25) is 25.6 Å². The van der Waals surface area contributed by atoms with Gasteiger partial charge in [-0.2, -0.15) is 0 Å². The van der Waals surface area contributed by atoms with Crippen molar-refractivity contribution in [3.63, 3.8) is 0 Å². The number of allylic oxidation sites excluding steroid dienone is 1. The molecule has 29 heavy (non-hydrogen) atoms. The van der Waals surface area contributed by atoms with Gasteiger partial charge in [0.25, 0.3) is 0 Å². The molecule has 0 spiro atoms. The van der Waals surface area contributed by atoms with Crippen molar-refractivity contribution in [2.45, 2.75) is 26.7 Å². The minimum Gasteiger partial charge on any atom is -0.299 e. The van der Waals surface area contributed by atoms with Gasteiger partial charge in [-0.05, 0) is 36.5 Å². The molecule has 2 aromatic rings. The minimum absolute atomic E-state index is 0.203. The molecule has 0 aliphatic rings. The normalized spacial score (nSPS) is 13.1. The molecule has 2 rings (SSSR count). The molecule has 0 unspecified atom stereocenters. The number of hydrazine groups is 1. The fourth-order valence-corrected chi connectivity index (χ4v) is 3.16. The lowest BCUT2D eigenvalue weighted by atomic mass is 9.82. The van der Waals surface area contributed by atoms with Crippen molar-refractivity contribution in [2.75, 3.05) is 5.43 Å². The molecule has 6 heteroatoms. The molecule has 0 radical (unpaired) electrons. The van der Waals surface area contributed by atoms with E-state index in [1.54, 1.807) is 5.48 Å². The molecule has 2 aromatic carbocycles. The second-order valence-electron chi connectivity index (χ2n) is 7.35. The highest BCUT2D eigenvalue weighted by Crippen LogP contribution is 2.25. The number of hydroxylamine groups is 1. The van der Waals surface area contributed by atoms with Gasteiger partial charge in [-0.15, -0.1) is 0 Å². The Morgan fingerprint density at radius 3 is 2.14 bits per heavy atom. The van der Waals surface area contributed by atoms with E-state index < -0.39 is 17.7 Å². The molecule has 154 valence electrons. The molecule has 4 N–H and O–H groups in total. The Hall–Kier alpha value is -3.12. The van der Waals surface area contributed by atoms with Gasteiger partial charge in [-0.1, -0.05) is 74.5 Å². The van der Waals surface area contributed by atoms with Crippen molar-refractivity contribution in [1.29, 1.82) is 0 Å². The quantitative estimate of drug-likeness (QED) is 0.361. The van der Waals surface area contributed by atoms with Crippen LogP contribution in [0, 0.1) is 17.8 Å². The van der Waals surface area contributed by atoms with E-state index in [0.29, 0.717) is 12.8 Å². The molecule has 0 fully saturated rings. The number of amides is 2. The summed E-state index contributed by atoms with van der Waals surface area (Å²) in [5, 5.41) is 9.22. The van der Waals surface area contributed by atoms with E-state index in [0.717, 1.165) is 11.3 Å².